The van der Waals surface area contributed by atoms with Gasteiger partial charge in [-0.05, 0) is 49.1 Å². The zero-order valence-electron chi connectivity index (χ0n) is 10.7. The van der Waals surface area contributed by atoms with E-state index in [1.54, 1.807) is 6.07 Å². The molecule has 1 aromatic carbocycles. The van der Waals surface area contributed by atoms with Crippen molar-refractivity contribution in [3.63, 3.8) is 0 Å². The highest BCUT2D eigenvalue weighted by Gasteiger charge is 2.21. The van der Waals surface area contributed by atoms with Gasteiger partial charge in [0, 0.05) is 16.2 Å². The summed E-state index contributed by atoms with van der Waals surface area (Å²) in [5.74, 6) is 0. The topological polar surface area (TPSA) is 44.9 Å². The minimum absolute atomic E-state index is 0.0371. The highest BCUT2D eigenvalue weighted by atomic mass is 79.9. The van der Waals surface area contributed by atoms with Crippen molar-refractivity contribution < 1.29 is 0 Å². The maximum atomic E-state index is 11.4. The van der Waals surface area contributed by atoms with Crippen LogP contribution >= 0.6 is 27.5 Å². The molecule has 0 aliphatic heterocycles. The minimum Gasteiger partial charge on any atom is -0.377 e. The molecule has 20 heavy (non-hydrogen) atoms. The van der Waals surface area contributed by atoms with Crippen molar-refractivity contribution in [3.05, 3.63) is 61.4 Å². The normalized spacial score (nSPS) is 17.6. The predicted molar refractivity (Wildman–Crippen MR) is 85.5 cm³/mol. The Morgan fingerprint density at radius 1 is 1.30 bits per heavy atom. The Balaban J connectivity index is 1.93. The van der Waals surface area contributed by atoms with Gasteiger partial charge in [0.25, 0.3) is 0 Å². The first-order valence-electron chi connectivity index (χ1n) is 6.57. The van der Waals surface area contributed by atoms with Gasteiger partial charge >= 0.3 is 0 Å². The number of aromatic nitrogens is 1. The van der Waals surface area contributed by atoms with E-state index in [0.717, 1.165) is 40.7 Å². The van der Waals surface area contributed by atoms with Gasteiger partial charge in [0.2, 0.25) is 5.56 Å². The standard InChI is InChI=1S/C15H14BrClN2O/c16-9-4-6-11(17)14(8-9)18-12-2-1-3-13-10(12)5-7-15(20)19-13/h4-8,12,18H,1-3H2,(H,19,20). The largest absolute Gasteiger partial charge is 0.377 e. The van der Waals surface area contributed by atoms with Gasteiger partial charge in [-0.2, -0.15) is 0 Å². The molecule has 0 bridgehead atoms. The molecule has 0 saturated heterocycles. The summed E-state index contributed by atoms with van der Waals surface area (Å²) in [5, 5.41) is 4.18. The molecule has 2 aromatic rings. The highest BCUT2D eigenvalue weighted by Crippen LogP contribution is 2.34. The molecule has 5 heteroatoms. The fraction of sp³-hybridized carbons (Fsp3) is 0.267. The summed E-state index contributed by atoms with van der Waals surface area (Å²) >= 11 is 9.68. The lowest BCUT2D eigenvalue weighted by molar-refractivity contribution is 0.587. The fourth-order valence-corrected chi connectivity index (χ4v) is 3.18. The molecule has 104 valence electrons. The van der Waals surface area contributed by atoms with Gasteiger partial charge in [0.15, 0.2) is 0 Å². The minimum atomic E-state index is -0.0371. The SMILES string of the molecule is O=c1ccc2c([nH]1)CCCC2Nc1cc(Br)ccc1Cl. The van der Waals surface area contributed by atoms with Crippen molar-refractivity contribution in [1.29, 1.82) is 0 Å². The summed E-state index contributed by atoms with van der Waals surface area (Å²) in [6, 6.07) is 9.44. The van der Waals surface area contributed by atoms with Gasteiger partial charge in [-0.3, -0.25) is 4.79 Å². The Morgan fingerprint density at radius 3 is 3.00 bits per heavy atom. The van der Waals surface area contributed by atoms with Gasteiger partial charge in [-0.25, -0.2) is 0 Å². The number of hydrogen-bond acceptors (Lipinski definition) is 2. The maximum absolute atomic E-state index is 11.4. The number of pyridine rings is 1. The lowest BCUT2D eigenvalue weighted by Gasteiger charge is -2.27. The van der Waals surface area contributed by atoms with Gasteiger partial charge in [0.1, 0.15) is 0 Å². The van der Waals surface area contributed by atoms with Crippen molar-refractivity contribution in [2.45, 2.75) is 25.3 Å². The Hall–Kier alpha value is -1.26. The number of H-pyrrole nitrogens is 1. The molecule has 0 saturated carbocycles. The van der Waals surface area contributed by atoms with Crippen molar-refractivity contribution >= 4 is 33.2 Å². The predicted octanol–water partition coefficient (Wildman–Crippen LogP) is 4.28. The molecule has 0 spiro atoms. The summed E-state index contributed by atoms with van der Waals surface area (Å²) < 4.78 is 0.988. The molecule has 3 nitrogen and oxygen atoms in total. The average molecular weight is 354 g/mol. The second-order valence-electron chi connectivity index (χ2n) is 4.97. The number of nitrogens with one attached hydrogen (secondary N) is 2. The third kappa shape index (κ3) is 2.76. The molecule has 0 fully saturated rings. The molecule has 3 rings (SSSR count). The summed E-state index contributed by atoms with van der Waals surface area (Å²) in [6.07, 6.45) is 3.01. The fourth-order valence-electron chi connectivity index (χ4n) is 2.65. The van der Waals surface area contributed by atoms with Crippen LogP contribution in [0.4, 0.5) is 5.69 Å². The summed E-state index contributed by atoms with van der Waals surface area (Å²) in [6.45, 7) is 0. The Labute approximate surface area is 130 Å². The molecule has 0 radical (unpaired) electrons. The van der Waals surface area contributed by atoms with E-state index >= 15 is 0 Å². The first-order chi connectivity index (χ1) is 9.63. The van der Waals surface area contributed by atoms with Crippen LogP contribution in [0.3, 0.4) is 0 Å². The van der Waals surface area contributed by atoms with Crippen LogP contribution < -0.4 is 10.9 Å². The molecule has 1 unspecified atom stereocenters. The number of anilines is 1. The molecule has 1 aliphatic carbocycles. The van der Waals surface area contributed by atoms with Gasteiger partial charge in [0.05, 0.1) is 16.8 Å². The molecule has 1 heterocycles. The number of fused-ring (bicyclic) bond motifs is 1. The van der Waals surface area contributed by atoms with Crippen molar-refractivity contribution in [1.82, 2.24) is 4.98 Å². The molecule has 1 aliphatic rings. The molecule has 2 N–H and O–H groups in total. The van der Waals surface area contributed by atoms with Crippen molar-refractivity contribution in [2.24, 2.45) is 0 Å². The molecular weight excluding hydrogens is 340 g/mol. The second kappa shape index (κ2) is 5.62. The Kier molecular flexibility index (Phi) is 3.85. The molecule has 1 atom stereocenters. The van der Waals surface area contributed by atoms with Gasteiger partial charge < -0.3 is 10.3 Å². The number of rotatable bonds is 2. The first kappa shape index (κ1) is 13.7. The first-order valence-corrected chi connectivity index (χ1v) is 7.74. The van der Waals surface area contributed by atoms with Crippen LogP contribution in [0.15, 0.2) is 39.6 Å². The molecule has 0 amide bonds. The summed E-state index contributed by atoms with van der Waals surface area (Å²) in [7, 11) is 0. The monoisotopic (exact) mass is 352 g/mol. The quantitative estimate of drug-likeness (QED) is 0.846. The van der Waals surface area contributed by atoms with Gasteiger partial charge in [-0.1, -0.05) is 27.5 Å². The number of hydrogen-bond donors (Lipinski definition) is 2. The maximum Gasteiger partial charge on any atom is 0.248 e. The third-order valence-electron chi connectivity index (χ3n) is 3.59. The van der Waals surface area contributed by atoms with E-state index in [2.05, 4.69) is 26.2 Å². The van der Waals surface area contributed by atoms with E-state index in [1.807, 2.05) is 24.3 Å². The van der Waals surface area contributed by atoms with Crippen LogP contribution in [0.5, 0.6) is 0 Å². The molecular formula is C15H14BrClN2O. The number of aryl methyl sites for hydroxylation is 1. The summed E-state index contributed by atoms with van der Waals surface area (Å²) in [4.78, 5) is 14.3. The number of halogens is 2. The smallest absolute Gasteiger partial charge is 0.248 e. The Morgan fingerprint density at radius 2 is 2.15 bits per heavy atom. The number of benzene rings is 1. The van der Waals surface area contributed by atoms with Crippen LogP contribution in [0.2, 0.25) is 5.02 Å². The lowest BCUT2D eigenvalue weighted by atomic mass is 9.91. The zero-order valence-corrected chi connectivity index (χ0v) is 13.1. The second-order valence-corrected chi connectivity index (χ2v) is 6.29. The van der Waals surface area contributed by atoms with Crippen LogP contribution in [-0.2, 0) is 6.42 Å². The van der Waals surface area contributed by atoms with Crippen molar-refractivity contribution in [2.75, 3.05) is 5.32 Å². The lowest BCUT2D eigenvalue weighted by Crippen LogP contribution is -2.21. The van der Waals surface area contributed by atoms with E-state index in [-0.39, 0.29) is 11.6 Å². The Bertz CT molecular complexity index is 699. The zero-order chi connectivity index (χ0) is 14.1. The van der Waals surface area contributed by atoms with Crippen LogP contribution in [0, 0.1) is 0 Å². The highest BCUT2D eigenvalue weighted by molar-refractivity contribution is 9.10. The summed E-state index contributed by atoms with van der Waals surface area (Å²) in [5.41, 5.74) is 3.06. The average Bonchev–Trinajstić information content (AvgIpc) is 2.43. The van der Waals surface area contributed by atoms with E-state index in [1.165, 1.54) is 0 Å². The number of aromatic amines is 1. The van der Waals surface area contributed by atoms with Gasteiger partial charge in [-0.15, -0.1) is 0 Å². The van der Waals surface area contributed by atoms with E-state index in [4.69, 9.17) is 11.6 Å². The van der Waals surface area contributed by atoms with Crippen LogP contribution in [0.25, 0.3) is 0 Å². The van der Waals surface area contributed by atoms with E-state index in [0.29, 0.717) is 5.02 Å². The molecule has 1 aromatic heterocycles. The van der Waals surface area contributed by atoms with Crippen molar-refractivity contribution in [3.8, 4) is 0 Å². The van der Waals surface area contributed by atoms with Crippen LogP contribution in [-0.4, -0.2) is 4.98 Å². The van der Waals surface area contributed by atoms with E-state index in [9.17, 15) is 4.79 Å². The van der Waals surface area contributed by atoms with E-state index < -0.39 is 0 Å². The van der Waals surface area contributed by atoms with Crippen LogP contribution in [0.1, 0.15) is 30.1 Å². The third-order valence-corrected chi connectivity index (χ3v) is 4.41.